The second-order valence-corrected chi connectivity index (χ2v) is 7.29. The Balaban J connectivity index is 1.73. The highest BCUT2D eigenvalue weighted by molar-refractivity contribution is 5.85. The predicted molar refractivity (Wildman–Crippen MR) is 87.4 cm³/mol. The second-order valence-electron chi connectivity index (χ2n) is 7.29. The fourth-order valence-electron chi connectivity index (χ4n) is 4.06. The average Bonchev–Trinajstić information content (AvgIpc) is 2.99. The van der Waals surface area contributed by atoms with Gasteiger partial charge in [-0.1, -0.05) is 5.16 Å². The quantitative estimate of drug-likeness (QED) is 0.808. The molecular formula is C17H24F2N4O3. The van der Waals surface area contributed by atoms with Gasteiger partial charge in [0.05, 0.1) is 12.0 Å². The molecule has 26 heavy (non-hydrogen) atoms. The Morgan fingerprint density at radius 2 is 2.12 bits per heavy atom. The average molecular weight is 370 g/mol. The van der Waals surface area contributed by atoms with Crippen LogP contribution in [0.15, 0.2) is 4.52 Å². The van der Waals surface area contributed by atoms with Crippen molar-refractivity contribution in [2.45, 2.75) is 51.9 Å². The summed E-state index contributed by atoms with van der Waals surface area (Å²) in [6.45, 7) is 4.00. The number of nitrogens with zero attached hydrogens (tertiary/aromatic N) is 4. The molecule has 1 aromatic rings. The summed E-state index contributed by atoms with van der Waals surface area (Å²) in [4.78, 5) is 32.1. The number of carbonyl (C=O) groups is 2. The van der Waals surface area contributed by atoms with Gasteiger partial charge in [-0.2, -0.15) is 4.98 Å². The van der Waals surface area contributed by atoms with Gasteiger partial charge in [0.1, 0.15) is 0 Å². The molecule has 0 aliphatic carbocycles. The summed E-state index contributed by atoms with van der Waals surface area (Å²) in [5.74, 6) is -2.97. The monoisotopic (exact) mass is 370 g/mol. The van der Waals surface area contributed by atoms with E-state index >= 15 is 0 Å². The molecule has 2 fully saturated rings. The topological polar surface area (TPSA) is 79.5 Å². The molecule has 2 aliphatic heterocycles. The normalized spacial score (nSPS) is 25.8. The third kappa shape index (κ3) is 3.71. The summed E-state index contributed by atoms with van der Waals surface area (Å²) in [6, 6.07) is 0. The summed E-state index contributed by atoms with van der Waals surface area (Å²) in [6.07, 6.45) is 0.786. The first kappa shape index (κ1) is 18.7. The van der Waals surface area contributed by atoms with Crippen LogP contribution in [0.4, 0.5) is 8.78 Å². The number of piperidine rings is 2. The highest BCUT2D eigenvalue weighted by Crippen LogP contribution is 2.45. The predicted octanol–water partition coefficient (Wildman–Crippen LogP) is 1.81. The van der Waals surface area contributed by atoms with Gasteiger partial charge in [0, 0.05) is 38.9 Å². The number of hydrogen-bond acceptors (Lipinski definition) is 5. The van der Waals surface area contributed by atoms with E-state index in [1.54, 1.807) is 11.8 Å². The molecule has 2 saturated heterocycles. The fourth-order valence-corrected chi connectivity index (χ4v) is 4.06. The van der Waals surface area contributed by atoms with Crippen molar-refractivity contribution < 1.29 is 22.9 Å². The molecule has 3 rings (SSSR count). The van der Waals surface area contributed by atoms with Crippen LogP contribution in [0.5, 0.6) is 0 Å². The Morgan fingerprint density at radius 3 is 2.77 bits per heavy atom. The zero-order valence-electron chi connectivity index (χ0n) is 15.1. The maximum absolute atomic E-state index is 14.4. The molecule has 1 spiro atoms. The third-order valence-corrected chi connectivity index (χ3v) is 5.19. The lowest BCUT2D eigenvalue weighted by Crippen LogP contribution is -2.62. The van der Waals surface area contributed by atoms with Gasteiger partial charge in [0.15, 0.2) is 5.82 Å². The lowest BCUT2D eigenvalue weighted by Gasteiger charge is -2.49. The standard InChI is InChI=1S/C17H24F2N4O3/c1-3-22-8-4-7-16(15(22)25)9-17(18,19)11-23(10-16)14(24)6-5-13-20-12(2)21-26-13/h3-11H2,1-2H3. The lowest BCUT2D eigenvalue weighted by molar-refractivity contribution is -0.174. The summed E-state index contributed by atoms with van der Waals surface area (Å²) in [7, 11) is 0. The molecule has 1 aromatic heterocycles. The number of hydrogen-bond donors (Lipinski definition) is 0. The summed E-state index contributed by atoms with van der Waals surface area (Å²) in [5.41, 5.74) is -1.17. The number of amides is 2. The van der Waals surface area contributed by atoms with Crippen molar-refractivity contribution in [3.63, 3.8) is 0 Å². The Hall–Kier alpha value is -2.06. The SMILES string of the molecule is CCN1CCCC2(CN(C(=O)CCc3nc(C)no3)CC(F)(F)C2)C1=O. The van der Waals surface area contributed by atoms with Crippen molar-refractivity contribution >= 4 is 11.8 Å². The van der Waals surface area contributed by atoms with Crippen molar-refractivity contribution in [1.29, 1.82) is 0 Å². The molecule has 2 amide bonds. The van der Waals surface area contributed by atoms with Crippen molar-refractivity contribution in [2.24, 2.45) is 5.41 Å². The molecule has 1 unspecified atom stereocenters. The van der Waals surface area contributed by atoms with Crippen LogP contribution in [0.2, 0.25) is 0 Å². The number of aromatic nitrogens is 2. The molecule has 0 radical (unpaired) electrons. The Labute approximate surface area is 150 Å². The summed E-state index contributed by atoms with van der Waals surface area (Å²) in [5, 5.41) is 3.64. The number of halogens is 2. The molecule has 0 saturated carbocycles. The number of rotatable bonds is 4. The summed E-state index contributed by atoms with van der Waals surface area (Å²) < 4.78 is 33.8. The first-order chi connectivity index (χ1) is 12.2. The molecule has 9 heteroatoms. The molecule has 0 N–H and O–H groups in total. The highest BCUT2D eigenvalue weighted by Gasteiger charge is 2.55. The van der Waals surface area contributed by atoms with E-state index in [1.807, 2.05) is 6.92 Å². The van der Waals surface area contributed by atoms with Crippen LogP contribution in [-0.2, 0) is 16.0 Å². The molecule has 144 valence electrons. The van der Waals surface area contributed by atoms with Gasteiger partial charge in [-0.25, -0.2) is 8.78 Å². The van der Waals surface area contributed by atoms with Crippen molar-refractivity contribution in [2.75, 3.05) is 26.2 Å². The highest BCUT2D eigenvalue weighted by atomic mass is 19.3. The van der Waals surface area contributed by atoms with Crippen LogP contribution in [-0.4, -0.2) is 63.9 Å². The van der Waals surface area contributed by atoms with Crippen LogP contribution < -0.4 is 0 Å². The zero-order chi connectivity index (χ0) is 18.9. The number of carbonyl (C=O) groups excluding carboxylic acids is 2. The van der Waals surface area contributed by atoms with Gasteiger partial charge in [-0.15, -0.1) is 0 Å². The molecule has 3 heterocycles. The Bertz CT molecular complexity index is 693. The minimum absolute atomic E-state index is 0.000520. The first-order valence-corrected chi connectivity index (χ1v) is 8.99. The van der Waals surface area contributed by atoms with E-state index in [2.05, 4.69) is 10.1 Å². The molecule has 1 atom stereocenters. The molecular weight excluding hydrogens is 346 g/mol. The Morgan fingerprint density at radius 1 is 1.35 bits per heavy atom. The van der Waals surface area contributed by atoms with E-state index in [0.29, 0.717) is 37.6 Å². The van der Waals surface area contributed by atoms with Crippen molar-refractivity contribution in [3.05, 3.63) is 11.7 Å². The van der Waals surface area contributed by atoms with E-state index in [0.717, 1.165) is 4.90 Å². The maximum Gasteiger partial charge on any atom is 0.266 e. The van der Waals surface area contributed by atoms with Crippen LogP contribution in [0.1, 0.15) is 44.3 Å². The van der Waals surface area contributed by atoms with Gasteiger partial charge >= 0.3 is 0 Å². The van der Waals surface area contributed by atoms with Gasteiger partial charge in [0.2, 0.25) is 17.7 Å². The second kappa shape index (κ2) is 6.92. The van der Waals surface area contributed by atoms with E-state index in [9.17, 15) is 18.4 Å². The van der Waals surface area contributed by atoms with Crippen LogP contribution in [0.3, 0.4) is 0 Å². The maximum atomic E-state index is 14.4. The van der Waals surface area contributed by atoms with Gasteiger partial charge in [-0.05, 0) is 26.7 Å². The van der Waals surface area contributed by atoms with Crippen LogP contribution >= 0.6 is 0 Å². The first-order valence-electron chi connectivity index (χ1n) is 8.99. The number of alkyl halides is 2. The van der Waals surface area contributed by atoms with Crippen LogP contribution in [0, 0.1) is 12.3 Å². The van der Waals surface area contributed by atoms with E-state index < -0.39 is 30.2 Å². The molecule has 0 aromatic carbocycles. The van der Waals surface area contributed by atoms with Gasteiger partial charge in [0.25, 0.3) is 5.92 Å². The molecule has 2 aliphatic rings. The number of likely N-dealkylation sites (tertiary alicyclic amines) is 2. The lowest BCUT2D eigenvalue weighted by atomic mass is 9.71. The van der Waals surface area contributed by atoms with Gasteiger partial charge in [-0.3, -0.25) is 9.59 Å². The van der Waals surface area contributed by atoms with E-state index in [4.69, 9.17) is 4.52 Å². The fraction of sp³-hybridized carbons (Fsp3) is 0.765. The zero-order valence-corrected chi connectivity index (χ0v) is 15.1. The largest absolute Gasteiger partial charge is 0.342 e. The number of aryl methyl sites for hydroxylation is 2. The smallest absolute Gasteiger partial charge is 0.266 e. The minimum Gasteiger partial charge on any atom is -0.342 e. The van der Waals surface area contributed by atoms with E-state index in [1.165, 1.54) is 0 Å². The Kier molecular flexibility index (Phi) is 4.98. The minimum atomic E-state index is -3.07. The van der Waals surface area contributed by atoms with Crippen LogP contribution in [0.25, 0.3) is 0 Å². The van der Waals surface area contributed by atoms with Crippen molar-refractivity contribution in [1.82, 2.24) is 19.9 Å². The molecule has 7 nitrogen and oxygen atoms in total. The van der Waals surface area contributed by atoms with Crippen molar-refractivity contribution in [3.8, 4) is 0 Å². The summed E-state index contributed by atoms with van der Waals surface area (Å²) >= 11 is 0. The van der Waals surface area contributed by atoms with Gasteiger partial charge < -0.3 is 14.3 Å². The van der Waals surface area contributed by atoms with E-state index in [-0.39, 0.29) is 25.3 Å². The molecule has 0 bridgehead atoms. The third-order valence-electron chi connectivity index (χ3n) is 5.19.